The minimum atomic E-state index is -1.22. The molecule has 0 spiro atoms. The van der Waals surface area contributed by atoms with Crippen molar-refractivity contribution in [3.8, 4) is 0 Å². The van der Waals surface area contributed by atoms with E-state index in [4.69, 9.17) is 14.2 Å². The van der Waals surface area contributed by atoms with E-state index in [1.165, 1.54) is 21.1 Å². The maximum atomic E-state index is 13.8. The third-order valence-corrected chi connectivity index (χ3v) is 9.17. The molecule has 2 aliphatic carbocycles. The molecule has 1 saturated heterocycles. The molecule has 5 atom stereocenters. The Morgan fingerprint density at radius 2 is 1.41 bits per heavy atom. The molecule has 11 nitrogen and oxygen atoms in total. The summed E-state index contributed by atoms with van der Waals surface area (Å²) in [5, 5.41) is 11.8. The zero-order valence-corrected chi connectivity index (χ0v) is 24.2. The number of allylic oxidation sites excluding steroid dienone is 5. The highest BCUT2D eigenvalue weighted by atomic mass is 16.5. The highest BCUT2D eigenvalue weighted by Crippen LogP contribution is 2.48. The number of hydrogen-bond donors (Lipinski definition) is 1. The summed E-state index contributed by atoms with van der Waals surface area (Å²) in [5.74, 6) is -2.36. The second-order valence-corrected chi connectivity index (χ2v) is 11.0. The van der Waals surface area contributed by atoms with Crippen molar-refractivity contribution < 1.29 is 43.3 Å². The van der Waals surface area contributed by atoms with E-state index in [0.29, 0.717) is 11.1 Å². The summed E-state index contributed by atoms with van der Waals surface area (Å²) in [6.07, 6.45) is 0.498. The Morgan fingerprint density at radius 1 is 0.902 bits per heavy atom. The molecule has 2 bridgehead atoms. The number of fused-ring (bicyclic) bond motifs is 5. The van der Waals surface area contributed by atoms with E-state index in [-0.39, 0.29) is 70.4 Å². The monoisotopic (exact) mass is 566 g/mol. The Bertz CT molecular complexity index is 1460. The largest absolute Gasteiger partial charge is 0.492 e. The van der Waals surface area contributed by atoms with Gasteiger partial charge in [-0.05, 0) is 47.6 Å². The molecule has 5 aliphatic rings. The second-order valence-electron chi connectivity index (χ2n) is 11.0. The Hall–Kier alpha value is -3.67. The van der Waals surface area contributed by atoms with Crippen molar-refractivity contribution in [3.63, 3.8) is 0 Å². The quantitative estimate of drug-likeness (QED) is 0.290. The van der Waals surface area contributed by atoms with Gasteiger partial charge in [0.05, 0.1) is 32.3 Å². The van der Waals surface area contributed by atoms with Gasteiger partial charge in [0.1, 0.15) is 12.8 Å². The van der Waals surface area contributed by atoms with Crippen molar-refractivity contribution in [2.24, 2.45) is 0 Å². The Kier molecular flexibility index (Phi) is 7.25. The number of nitrogens with zero attached hydrogens (tertiary/aromatic N) is 2. The molecule has 0 radical (unpaired) electrons. The molecule has 0 unspecified atom stereocenters. The fourth-order valence-electron chi connectivity index (χ4n) is 6.97. The average molecular weight is 567 g/mol. The van der Waals surface area contributed by atoms with Gasteiger partial charge >= 0.3 is 5.97 Å². The van der Waals surface area contributed by atoms with Gasteiger partial charge in [-0.25, -0.2) is 4.79 Å². The lowest BCUT2D eigenvalue weighted by atomic mass is 9.68. The molecule has 3 aliphatic heterocycles. The third kappa shape index (κ3) is 4.01. The van der Waals surface area contributed by atoms with E-state index in [1.807, 2.05) is 4.90 Å². The number of likely N-dealkylation sites (N-methyl/N-ethyl adjacent to an activating group) is 1. The molecule has 1 fully saturated rings. The van der Waals surface area contributed by atoms with E-state index in [9.17, 15) is 29.1 Å². The van der Waals surface area contributed by atoms with Crippen LogP contribution in [0.3, 0.4) is 0 Å². The molecule has 0 saturated carbocycles. The first-order valence-corrected chi connectivity index (χ1v) is 13.5. The second kappa shape index (κ2) is 10.3. The van der Waals surface area contributed by atoms with E-state index in [2.05, 4.69) is 0 Å². The van der Waals surface area contributed by atoms with Crippen molar-refractivity contribution in [2.45, 2.75) is 70.9 Å². The first-order valence-electron chi connectivity index (χ1n) is 13.5. The highest BCUT2D eigenvalue weighted by Gasteiger charge is 2.59. The van der Waals surface area contributed by atoms with Crippen LogP contribution in [-0.4, -0.2) is 102 Å². The minimum absolute atomic E-state index is 0.0224. The van der Waals surface area contributed by atoms with Gasteiger partial charge in [-0.3, -0.25) is 29.0 Å². The van der Waals surface area contributed by atoms with Gasteiger partial charge < -0.3 is 19.3 Å². The van der Waals surface area contributed by atoms with Crippen LogP contribution in [0, 0.1) is 0 Å². The van der Waals surface area contributed by atoms with Crippen molar-refractivity contribution in [3.05, 3.63) is 56.6 Å². The first kappa shape index (κ1) is 28.8. The van der Waals surface area contributed by atoms with Crippen LogP contribution < -0.4 is 0 Å². The summed E-state index contributed by atoms with van der Waals surface area (Å²) >= 11 is 0. The van der Waals surface area contributed by atoms with Crippen LogP contribution in [0.1, 0.15) is 40.5 Å². The van der Waals surface area contributed by atoms with Crippen LogP contribution in [0.4, 0.5) is 0 Å². The number of ether oxygens (including phenoxy) is 3. The van der Waals surface area contributed by atoms with Crippen LogP contribution >= 0.6 is 0 Å². The number of carbonyl (C=O) groups is 5. The number of esters is 1. The molecule has 0 amide bonds. The van der Waals surface area contributed by atoms with Crippen LogP contribution in [0.25, 0.3) is 0 Å². The highest BCUT2D eigenvalue weighted by molar-refractivity contribution is 6.26. The average Bonchev–Trinajstić information content (AvgIpc) is 2.95. The summed E-state index contributed by atoms with van der Waals surface area (Å²) in [6.45, 7) is 6.03. The number of ketones is 4. The lowest BCUT2D eigenvalue weighted by Crippen LogP contribution is -2.74. The predicted molar refractivity (Wildman–Crippen MR) is 144 cm³/mol. The molecule has 3 heterocycles. The van der Waals surface area contributed by atoms with Gasteiger partial charge in [0.15, 0.2) is 23.1 Å². The van der Waals surface area contributed by atoms with Gasteiger partial charge in [-0.2, -0.15) is 0 Å². The maximum Gasteiger partial charge on any atom is 0.333 e. The zero-order valence-electron chi connectivity index (χ0n) is 24.2. The van der Waals surface area contributed by atoms with Crippen molar-refractivity contribution in [2.75, 3.05) is 27.9 Å². The van der Waals surface area contributed by atoms with E-state index in [0.717, 1.165) is 0 Å². The summed E-state index contributed by atoms with van der Waals surface area (Å²) < 4.78 is 16.3. The van der Waals surface area contributed by atoms with Gasteiger partial charge in [-0.1, -0.05) is 6.08 Å². The smallest absolute Gasteiger partial charge is 0.333 e. The molecule has 11 heteroatoms. The lowest BCUT2D eigenvalue weighted by Gasteiger charge is -2.60. The summed E-state index contributed by atoms with van der Waals surface area (Å²) in [7, 11) is 4.42. The molecule has 0 aromatic rings. The molecule has 41 heavy (non-hydrogen) atoms. The number of carbonyl (C=O) groups excluding carboxylic acids is 5. The van der Waals surface area contributed by atoms with E-state index < -0.39 is 47.9 Å². The molecular weight excluding hydrogens is 532 g/mol. The Balaban J connectivity index is 1.67. The molecule has 218 valence electrons. The fourth-order valence-corrected chi connectivity index (χ4v) is 6.97. The minimum Gasteiger partial charge on any atom is -0.492 e. The van der Waals surface area contributed by atoms with Crippen molar-refractivity contribution >= 4 is 29.1 Å². The topological polar surface area (TPSA) is 140 Å². The Labute approximate surface area is 237 Å². The molecule has 5 rings (SSSR count). The summed E-state index contributed by atoms with van der Waals surface area (Å²) in [5.41, 5.74) is 1.65. The van der Waals surface area contributed by atoms with Crippen LogP contribution in [0.2, 0.25) is 0 Å². The van der Waals surface area contributed by atoms with Gasteiger partial charge in [0, 0.05) is 45.1 Å². The van der Waals surface area contributed by atoms with Crippen molar-refractivity contribution in [1.29, 1.82) is 0 Å². The number of rotatable bonds is 5. The predicted octanol–water partition coefficient (Wildman–Crippen LogP) is 1.08. The number of aliphatic hydroxyl groups is 1. The normalized spacial score (nSPS) is 30.9. The van der Waals surface area contributed by atoms with Crippen LogP contribution in [0.5, 0.6) is 0 Å². The summed E-state index contributed by atoms with van der Waals surface area (Å²) in [6, 6.07) is -3.03. The number of aliphatic hydroxyl groups excluding tert-OH is 1. The number of Topliss-reactive ketones (excluding diaryl/α,β-unsaturated/α-hetero) is 4. The maximum absolute atomic E-state index is 13.8. The molecule has 0 aromatic carbocycles. The first-order chi connectivity index (χ1) is 19.4. The molecular formula is C30H34N2O9. The van der Waals surface area contributed by atoms with Crippen LogP contribution in [0.15, 0.2) is 56.6 Å². The van der Waals surface area contributed by atoms with E-state index in [1.54, 1.807) is 38.8 Å². The third-order valence-electron chi connectivity index (χ3n) is 9.17. The standard InChI is InChI=1S/C30H34N2O9/c1-8-12(2)30(38)41-11-19-20-15(23(33)13(3)27(39-6)25(20)35)9-17-22-21-16(10-18(31(22)5)29(37)32(17)19)24(34)14(4)28(40-7)26(21)36/h8,17-19,22,29,37H,9-11H2,1-7H3/b12-8-/t17-,18+,19-,22-,29-/m0/s1. The lowest BCUT2D eigenvalue weighted by molar-refractivity contribution is -0.171. The van der Waals surface area contributed by atoms with Gasteiger partial charge in [-0.15, -0.1) is 0 Å². The summed E-state index contributed by atoms with van der Waals surface area (Å²) in [4.78, 5) is 70.7. The molecule has 0 aromatic heterocycles. The molecule has 1 N–H and O–H groups in total. The fraction of sp³-hybridized carbons (Fsp3) is 0.500. The van der Waals surface area contributed by atoms with Gasteiger partial charge in [0.25, 0.3) is 0 Å². The van der Waals surface area contributed by atoms with Crippen LogP contribution in [-0.2, 0) is 38.2 Å². The van der Waals surface area contributed by atoms with Gasteiger partial charge in [0.2, 0.25) is 11.6 Å². The number of hydrogen-bond acceptors (Lipinski definition) is 11. The number of methoxy groups -OCH3 is 2. The zero-order chi connectivity index (χ0) is 30.1. The van der Waals surface area contributed by atoms with E-state index >= 15 is 0 Å². The Morgan fingerprint density at radius 3 is 1.95 bits per heavy atom. The number of piperazine rings is 1. The van der Waals surface area contributed by atoms with Crippen molar-refractivity contribution in [1.82, 2.24) is 9.80 Å². The SMILES string of the molecule is C/C=C(/C)C(=O)OC[C@H]1C2=C(C[C@H]3[C@H]4C5=C(C[C@H]([C@H](O)N13)N4C)C(=O)C(C)=C(OC)C5=O)C(=O)C(C)=C(OC)C2=O.